The Labute approximate surface area is 176 Å². The lowest BCUT2D eigenvalue weighted by Gasteiger charge is -2.23. The first-order chi connectivity index (χ1) is 14.2. The van der Waals surface area contributed by atoms with Crippen LogP contribution < -0.4 is 4.90 Å². The smallest absolute Gasteiger partial charge is 0.270 e. The molecule has 0 fully saturated rings. The van der Waals surface area contributed by atoms with Gasteiger partial charge in [0.1, 0.15) is 0 Å². The zero-order chi connectivity index (χ0) is 21.7. The van der Waals surface area contributed by atoms with E-state index in [1.807, 2.05) is 36.2 Å². The van der Waals surface area contributed by atoms with Crippen LogP contribution in [0.15, 0.2) is 81.9 Å². The Morgan fingerprint density at radius 1 is 1.13 bits per heavy atom. The van der Waals surface area contributed by atoms with Gasteiger partial charge in [-0.2, -0.15) is 0 Å². The SMILES string of the molecule is [C-]#[N+]/C(C#N)=C1/C(=C/C=C2/N(C)c3ccccc3C2(C)C)S(=O)(=O)c2ccccc21. The first-order valence-corrected chi connectivity index (χ1v) is 10.9. The highest BCUT2D eigenvalue weighted by atomic mass is 32.2. The molecule has 0 saturated carbocycles. The van der Waals surface area contributed by atoms with Gasteiger partial charge in [0.2, 0.25) is 9.84 Å². The Morgan fingerprint density at radius 3 is 2.47 bits per heavy atom. The molecule has 0 aliphatic carbocycles. The third kappa shape index (κ3) is 2.62. The molecule has 6 heteroatoms. The second-order valence-corrected chi connectivity index (χ2v) is 9.62. The molecular formula is C24H19N3O2S. The highest BCUT2D eigenvalue weighted by Gasteiger charge is 2.40. The maximum atomic E-state index is 13.2. The maximum Gasteiger partial charge on any atom is 0.270 e. The van der Waals surface area contributed by atoms with Gasteiger partial charge in [-0.05, 0) is 35.4 Å². The molecule has 0 N–H and O–H groups in total. The molecule has 0 unspecified atom stereocenters. The normalized spacial score (nSPS) is 22.4. The molecule has 5 nitrogen and oxygen atoms in total. The molecule has 2 aromatic rings. The van der Waals surface area contributed by atoms with Crippen molar-refractivity contribution in [3.8, 4) is 6.07 Å². The lowest BCUT2D eigenvalue weighted by Crippen LogP contribution is -2.22. The minimum atomic E-state index is -3.83. The summed E-state index contributed by atoms with van der Waals surface area (Å²) in [7, 11) is -1.88. The van der Waals surface area contributed by atoms with Crippen LogP contribution in [0.1, 0.15) is 25.0 Å². The summed E-state index contributed by atoms with van der Waals surface area (Å²) in [5.41, 5.74) is 3.19. The van der Waals surface area contributed by atoms with E-state index in [0.717, 1.165) is 16.9 Å². The van der Waals surface area contributed by atoms with E-state index >= 15 is 0 Å². The Hall–Kier alpha value is -3.61. The van der Waals surface area contributed by atoms with Crippen LogP contribution in [0.2, 0.25) is 0 Å². The van der Waals surface area contributed by atoms with E-state index < -0.39 is 9.84 Å². The average molecular weight is 414 g/mol. The maximum absolute atomic E-state index is 13.2. The zero-order valence-electron chi connectivity index (χ0n) is 16.8. The molecule has 0 aromatic heterocycles. The minimum absolute atomic E-state index is 0.0103. The minimum Gasteiger partial charge on any atom is -0.347 e. The molecule has 2 aliphatic heterocycles. The second kappa shape index (κ2) is 6.73. The number of sulfone groups is 1. The number of likely N-dealkylation sites (N-methyl/N-ethyl adjacent to an activating group) is 1. The Kier molecular flexibility index (Phi) is 4.42. The summed E-state index contributed by atoms with van der Waals surface area (Å²) in [5.74, 6) is 0. The summed E-state index contributed by atoms with van der Waals surface area (Å²) in [4.78, 5) is 5.46. The topological polar surface area (TPSA) is 65.5 Å². The van der Waals surface area contributed by atoms with Crippen LogP contribution in [-0.4, -0.2) is 15.5 Å². The van der Waals surface area contributed by atoms with Crippen molar-refractivity contribution in [2.45, 2.75) is 24.2 Å². The fraction of sp³-hybridized carbons (Fsp3) is 0.167. The number of nitriles is 1. The van der Waals surface area contributed by atoms with Crippen molar-refractivity contribution in [1.82, 2.24) is 0 Å². The highest BCUT2D eigenvalue weighted by molar-refractivity contribution is 7.96. The molecule has 0 radical (unpaired) electrons. The highest BCUT2D eigenvalue weighted by Crippen LogP contribution is 2.48. The number of para-hydroxylation sites is 1. The molecule has 0 bridgehead atoms. The summed E-state index contributed by atoms with van der Waals surface area (Å²) in [6.07, 6.45) is 3.32. The summed E-state index contributed by atoms with van der Waals surface area (Å²) in [6, 6.07) is 16.4. The molecule has 0 spiro atoms. The lowest BCUT2D eigenvalue weighted by atomic mass is 9.84. The number of fused-ring (bicyclic) bond motifs is 2. The molecule has 2 aliphatic rings. The van der Waals surface area contributed by atoms with E-state index in [9.17, 15) is 13.7 Å². The van der Waals surface area contributed by atoms with E-state index in [1.165, 1.54) is 12.1 Å². The van der Waals surface area contributed by atoms with Crippen LogP contribution in [0, 0.1) is 17.9 Å². The van der Waals surface area contributed by atoms with Crippen LogP contribution in [0.4, 0.5) is 5.69 Å². The number of hydrogen-bond donors (Lipinski definition) is 0. The lowest BCUT2D eigenvalue weighted by molar-refractivity contribution is 0.604. The first-order valence-electron chi connectivity index (χ1n) is 9.37. The quantitative estimate of drug-likeness (QED) is 0.496. The van der Waals surface area contributed by atoms with Crippen LogP contribution >= 0.6 is 0 Å². The number of anilines is 1. The van der Waals surface area contributed by atoms with Crippen molar-refractivity contribution in [3.63, 3.8) is 0 Å². The molecule has 0 saturated heterocycles. The van der Waals surface area contributed by atoms with Gasteiger partial charge in [-0.1, -0.05) is 50.2 Å². The number of allylic oxidation sites excluding steroid dienone is 5. The van der Waals surface area contributed by atoms with Gasteiger partial charge in [-0.3, -0.25) is 0 Å². The summed E-state index contributed by atoms with van der Waals surface area (Å²) in [5, 5.41) is 9.46. The van der Waals surface area contributed by atoms with E-state index in [4.69, 9.17) is 6.57 Å². The number of rotatable bonds is 1. The number of nitrogens with zero attached hydrogens (tertiary/aromatic N) is 3. The number of hydrogen-bond acceptors (Lipinski definition) is 4. The van der Waals surface area contributed by atoms with Crippen LogP contribution in [0.5, 0.6) is 0 Å². The van der Waals surface area contributed by atoms with Crippen LogP contribution in [0.25, 0.3) is 10.4 Å². The van der Waals surface area contributed by atoms with E-state index in [0.29, 0.717) is 5.56 Å². The molecule has 2 aromatic carbocycles. The van der Waals surface area contributed by atoms with Gasteiger partial charge in [-0.15, -0.1) is 0 Å². The summed E-state index contributed by atoms with van der Waals surface area (Å²) in [6.45, 7) is 11.5. The summed E-state index contributed by atoms with van der Waals surface area (Å²) < 4.78 is 26.5. The van der Waals surface area contributed by atoms with Gasteiger partial charge in [0.25, 0.3) is 5.70 Å². The predicted octanol–water partition coefficient (Wildman–Crippen LogP) is 4.82. The van der Waals surface area contributed by atoms with Crippen LogP contribution in [0.3, 0.4) is 0 Å². The van der Waals surface area contributed by atoms with E-state index in [1.54, 1.807) is 24.3 Å². The fourth-order valence-corrected chi connectivity index (χ4v) is 5.98. The van der Waals surface area contributed by atoms with E-state index in [2.05, 4.69) is 24.8 Å². The molecule has 0 atom stereocenters. The summed E-state index contributed by atoms with van der Waals surface area (Å²) >= 11 is 0. The van der Waals surface area contributed by atoms with Crippen molar-refractivity contribution >= 4 is 21.1 Å². The Balaban J connectivity index is 1.96. The largest absolute Gasteiger partial charge is 0.347 e. The first kappa shape index (κ1) is 19.7. The fourth-order valence-electron chi connectivity index (χ4n) is 4.30. The van der Waals surface area contributed by atoms with Gasteiger partial charge in [0, 0.05) is 29.4 Å². The molecular weight excluding hydrogens is 394 g/mol. The molecule has 4 rings (SSSR count). The monoisotopic (exact) mass is 413 g/mol. The Bertz CT molecular complexity index is 1350. The van der Waals surface area contributed by atoms with Crippen LogP contribution in [-0.2, 0) is 15.3 Å². The number of benzene rings is 2. The Morgan fingerprint density at radius 2 is 1.80 bits per heavy atom. The van der Waals surface area contributed by atoms with Gasteiger partial charge in [0.05, 0.1) is 22.4 Å². The molecule has 2 heterocycles. The third-order valence-electron chi connectivity index (χ3n) is 5.77. The van der Waals surface area contributed by atoms with E-state index in [-0.39, 0.29) is 26.5 Å². The van der Waals surface area contributed by atoms with Gasteiger partial charge >= 0.3 is 0 Å². The van der Waals surface area contributed by atoms with Crippen molar-refractivity contribution in [2.24, 2.45) is 0 Å². The second-order valence-electron chi connectivity index (χ2n) is 7.73. The van der Waals surface area contributed by atoms with Crippen molar-refractivity contribution < 1.29 is 8.42 Å². The molecule has 30 heavy (non-hydrogen) atoms. The zero-order valence-corrected chi connectivity index (χ0v) is 17.7. The standard InChI is InChI=1S/C24H19N3O2S/c1-24(2)17-10-6-7-11-19(17)27(4)22(24)14-13-21-23(18(15-25)26-3)16-9-5-8-12-20(16)30(21,28)29/h5-14H,1-2,4H3/b21-13-,22-14+,23-18+. The van der Waals surface area contributed by atoms with Gasteiger partial charge in [0.15, 0.2) is 0 Å². The third-order valence-corrected chi connectivity index (χ3v) is 7.62. The molecule has 0 amide bonds. The van der Waals surface area contributed by atoms with Crippen molar-refractivity contribution in [1.29, 1.82) is 5.26 Å². The van der Waals surface area contributed by atoms with Gasteiger partial charge in [-0.25, -0.2) is 18.5 Å². The van der Waals surface area contributed by atoms with Crippen molar-refractivity contribution in [2.75, 3.05) is 11.9 Å². The van der Waals surface area contributed by atoms with Crippen molar-refractivity contribution in [3.05, 3.63) is 99.5 Å². The molecule has 148 valence electrons. The average Bonchev–Trinajstić information content (AvgIpc) is 3.07. The predicted molar refractivity (Wildman–Crippen MR) is 117 cm³/mol. The van der Waals surface area contributed by atoms with Gasteiger partial charge < -0.3 is 4.90 Å².